The summed E-state index contributed by atoms with van der Waals surface area (Å²) in [5, 5.41) is 11.2. The summed E-state index contributed by atoms with van der Waals surface area (Å²) in [7, 11) is -4.51. The van der Waals surface area contributed by atoms with Crippen LogP contribution in [0.5, 0.6) is 0 Å². The molecule has 12 nitrogen and oxygen atoms in total. The first-order valence-corrected chi connectivity index (χ1v) is 12.1. The van der Waals surface area contributed by atoms with Gasteiger partial charge in [0.2, 0.25) is 5.95 Å². The number of aromatic nitrogens is 4. The van der Waals surface area contributed by atoms with Gasteiger partial charge >= 0.3 is 1.43 Å². The SMILES string of the molecule is CCCCCCSc1nc2c(=O)[nH]c(N)nc2n1[C@@H]1OC2COP(=O)([O-])O[C@H]2C1O.[H+]. The average molecular weight is 461 g/mol. The van der Waals surface area contributed by atoms with Gasteiger partial charge in [0.1, 0.15) is 18.3 Å². The number of nitrogen functional groups attached to an aromatic ring is 1. The van der Waals surface area contributed by atoms with E-state index in [4.69, 9.17) is 15.0 Å². The van der Waals surface area contributed by atoms with Crippen molar-refractivity contribution in [3.63, 3.8) is 0 Å². The van der Waals surface area contributed by atoms with Crippen molar-refractivity contribution in [1.29, 1.82) is 0 Å². The second kappa shape index (κ2) is 8.58. The van der Waals surface area contributed by atoms with Gasteiger partial charge in [-0.25, -0.2) is 4.98 Å². The maximum absolute atomic E-state index is 12.3. The zero-order valence-electron chi connectivity index (χ0n) is 17.2. The Bertz CT molecular complexity index is 1040. The minimum Gasteiger partial charge on any atom is -0.756 e. The highest BCUT2D eigenvalue weighted by atomic mass is 32.2. The van der Waals surface area contributed by atoms with Crippen molar-refractivity contribution in [2.45, 2.75) is 62.3 Å². The lowest BCUT2D eigenvalue weighted by Gasteiger charge is -2.34. The van der Waals surface area contributed by atoms with Gasteiger partial charge in [0.25, 0.3) is 13.4 Å². The number of anilines is 1. The highest BCUT2D eigenvalue weighted by Crippen LogP contribution is 2.50. The molecule has 2 aliphatic heterocycles. The molecule has 0 spiro atoms. The van der Waals surface area contributed by atoms with Gasteiger partial charge in [0.05, 0.1) is 6.61 Å². The number of aromatic amines is 1. The molecule has 166 valence electrons. The Balaban J connectivity index is 0.00000272. The summed E-state index contributed by atoms with van der Waals surface area (Å²) < 4.78 is 28.6. The zero-order valence-corrected chi connectivity index (χ0v) is 17.9. The van der Waals surface area contributed by atoms with E-state index in [0.29, 0.717) is 5.16 Å². The topological polar surface area (TPSA) is 178 Å². The van der Waals surface area contributed by atoms with Gasteiger partial charge < -0.3 is 29.5 Å². The Morgan fingerprint density at radius 2 is 2.23 bits per heavy atom. The first-order valence-electron chi connectivity index (χ1n) is 9.69. The number of nitrogens with zero attached hydrogens (tertiary/aromatic N) is 3. The van der Waals surface area contributed by atoms with Crippen molar-refractivity contribution in [2.24, 2.45) is 0 Å². The molecule has 2 fully saturated rings. The molecule has 2 aromatic heterocycles. The standard InChI is InChI=1S/C16H24N5O7PS/c1-2-3-4-5-6-30-16-18-9-12(19-15(17)20-13(9)23)21(16)14-10(22)11-8(27-14)7-26-29(24,25)28-11/h8,10-11,14,22H,2-7H2,1H3,(H,24,25)(H3,17,19,20,23)/t8?,10?,11-,14-/m1/s1. The van der Waals surface area contributed by atoms with E-state index in [9.17, 15) is 19.4 Å². The number of phosphoric ester groups is 1. The van der Waals surface area contributed by atoms with Crippen LogP contribution in [0.25, 0.3) is 11.2 Å². The number of hydrogen-bond acceptors (Lipinski definition) is 11. The Morgan fingerprint density at radius 3 is 3.00 bits per heavy atom. The number of aliphatic hydroxyl groups is 1. The third-order valence-electron chi connectivity index (χ3n) is 4.98. The lowest BCUT2D eigenvalue weighted by atomic mass is 10.1. The number of fused-ring (bicyclic) bond motifs is 2. The minimum atomic E-state index is -4.51. The molecular formula is C16H24N5O7PS. The number of nitrogens with one attached hydrogen (secondary N) is 1. The predicted octanol–water partition coefficient (Wildman–Crippen LogP) is 0.629. The highest BCUT2D eigenvalue weighted by Gasteiger charge is 2.51. The van der Waals surface area contributed by atoms with Crippen molar-refractivity contribution < 1.29 is 29.8 Å². The van der Waals surface area contributed by atoms with Crippen LogP contribution in [0.4, 0.5) is 5.95 Å². The number of aliphatic hydroxyl groups excluding tert-OH is 1. The molecule has 2 aliphatic rings. The van der Waals surface area contributed by atoms with Gasteiger partial charge in [-0.2, -0.15) is 4.98 Å². The zero-order chi connectivity index (χ0) is 21.5. The van der Waals surface area contributed by atoms with Crippen LogP contribution in [0.15, 0.2) is 9.95 Å². The summed E-state index contributed by atoms with van der Waals surface area (Å²) in [5.41, 5.74) is 5.38. The number of unbranched alkanes of at least 4 members (excludes halogenated alkanes) is 3. The molecule has 4 heterocycles. The number of imidazole rings is 1. The van der Waals surface area contributed by atoms with Crippen molar-refractivity contribution in [2.75, 3.05) is 18.1 Å². The molecule has 30 heavy (non-hydrogen) atoms. The fourth-order valence-corrected chi connectivity index (χ4v) is 5.51. The van der Waals surface area contributed by atoms with E-state index in [1.165, 1.54) is 16.3 Å². The number of ether oxygens (including phenoxy) is 1. The van der Waals surface area contributed by atoms with Crippen LogP contribution in [0.1, 0.15) is 40.3 Å². The smallest absolute Gasteiger partial charge is 0.756 e. The maximum Gasteiger partial charge on any atom is 1.00 e. The molecule has 0 radical (unpaired) electrons. The van der Waals surface area contributed by atoms with Crippen LogP contribution in [0, 0.1) is 0 Å². The number of nitrogens with two attached hydrogens (primary N) is 1. The molecule has 4 rings (SSSR count). The van der Waals surface area contributed by atoms with Gasteiger partial charge in [-0.3, -0.25) is 18.9 Å². The van der Waals surface area contributed by atoms with Crippen LogP contribution in [0.3, 0.4) is 0 Å². The molecule has 2 aromatic rings. The number of phosphoric acid groups is 1. The van der Waals surface area contributed by atoms with Gasteiger partial charge in [-0.15, -0.1) is 0 Å². The Kier molecular flexibility index (Phi) is 6.22. The van der Waals surface area contributed by atoms with E-state index in [1.807, 2.05) is 0 Å². The minimum absolute atomic E-state index is 0. The average Bonchev–Trinajstić information content (AvgIpc) is 3.19. The third kappa shape index (κ3) is 4.15. The Hall–Kier alpha value is -1.47. The molecule has 5 atom stereocenters. The molecule has 0 saturated carbocycles. The van der Waals surface area contributed by atoms with E-state index in [0.717, 1.165) is 31.4 Å². The van der Waals surface area contributed by atoms with E-state index < -0.39 is 37.9 Å². The normalized spacial score (nSPS) is 31.3. The van der Waals surface area contributed by atoms with Gasteiger partial charge in [-0.1, -0.05) is 37.9 Å². The summed E-state index contributed by atoms with van der Waals surface area (Å²) in [6, 6.07) is 0. The van der Waals surface area contributed by atoms with Gasteiger partial charge in [0, 0.05) is 5.75 Å². The largest absolute Gasteiger partial charge is 1.00 e. The molecule has 0 bridgehead atoms. The maximum atomic E-state index is 12.3. The van der Waals surface area contributed by atoms with Crippen LogP contribution in [-0.4, -0.2) is 55.3 Å². The predicted molar refractivity (Wildman–Crippen MR) is 107 cm³/mol. The Morgan fingerprint density at radius 1 is 1.43 bits per heavy atom. The van der Waals surface area contributed by atoms with Gasteiger partial charge in [-0.05, 0) is 6.42 Å². The van der Waals surface area contributed by atoms with Crippen LogP contribution in [0.2, 0.25) is 0 Å². The van der Waals surface area contributed by atoms with E-state index in [2.05, 4.69) is 26.4 Å². The summed E-state index contributed by atoms with van der Waals surface area (Å²) in [6.45, 7) is 1.85. The lowest BCUT2D eigenvalue weighted by molar-refractivity contribution is -0.245. The van der Waals surface area contributed by atoms with Crippen molar-refractivity contribution >= 4 is 36.7 Å². The van der Waals surface area contributed by atoms with E-state index >= 15 is 0 Å². The molecule has 0 amide bonds. The fourth-order valence-electron chi connectivity index (χ4n) is 3.55. The van der Waals surface area contributed by atoms with Crippen LogP contribution < -0.4 is 16.2 Å². The summed E-state index contributed by atoms with van der Waals surface area (Å²) >= 11 is 1.40. The molecule has 4 N–H and O–H groups in total. The Labute approximate surface area is 177 Å². The highest BCUT2D eigenvalue weighted by molar-refractivity contribution is 7.99. The molecule has 14 heteroatoms. The van der Waals surface area contributed by atoms with Crippen molar-refractivity contribution in [1.82, 2.24) is 19.5 Å². The van der Waals surface area contributed by atoms with Crippen molar-refractivity contribution in [3.8, 4) is 0 Å². The number of rotatable bonds is 7. The molecular weight excluding hydrogens is 437 g/mol. The lowest BCUT2D eigenvalue weighted by Crippen LogP contribution is -2.41. The fraction of sp³-hybridized carbons (Fsp3) is 0.688. The first kappa shape index (κ1) is 21.8. The van der Waals surface area contributed by atoms with E-state index in [1.54, 1.807) is 0 Å². The molecule has 3 unspecified atom stereocenters. The second-order valence-corrected chi connectivity index (χ2v) is 9.59. The molecule has 0 aliphatic carbocycles. The van der Waals surface area contributed by atoms with Crippen LogP contribution in [-0.2, 0) is 18.3 Å². The quantitative estimate of drug-likeness (QED) is 0.299. The van der Waals surface area contributed by atoms with Gasteiger partial charge in [0.15, 0.2) is 22.5 Å². The number of H-pyrrole nitrogens is 1. The number of hydrogen-bond donors (Lipinski definition) is 3. The summed E-state index contributed by atoms with van der Waals surface area (Å²) in [5.74, 6) is 0.628. The van der Waals surface area contributed by atoms with E-state index in [-0.39, 0.29) is 25.1 Å². The third-order valence-corrected chi connectivity index (χ3v) is 6.98. The molecule has 2 saturated heterocycles. The first-order chi connectivity index (χ1) is 14.3. The monoisotopic (exact) mass is 461 g/mol. The second-order valence-electron chi connectivity index (χ2n) is 7.17. The van der Waals surface area contributed by atoms with Crippen molar-refractivity contribution in [3.05, 3.63) is 10.4 Å². The summed E-state index contributed by atoms with van der Waals surface area (Å²) in [6.07, 6.45) is -0.117. The number of thioether (sulfide) groups is 1. The summed E-state index contributed by atoms with van der Waals surface area (Å²) in [4.78, 5) is 34.9. The molecule has 0 aromatic carbocycles. The van der Waals surface area contributed by atoms with Crippen LogP contribution >= 0.6 is 19.6 Å².